The summed E-state index contributed by atoms with van der Waals surface area (Å²) in [5, 5.41) is 40.1. The lowest BCUT2D eigenvalue weighted by molar-refractivity contribution is -0.143. The molecule has 0 saturated carbocycles. The van der Waals surface area contributed by atoms with E-state index < -0.39 is 120 Å². The minimum absolute atomic E-state index is 0.00388. The molecule has 0 fully saturated rings. The van der Waals surface area contributed by atoms with Gasteiger partial charge in [0, 0.05) is 32.7 Å². The Morgan fingerprint density at radius 3 is 0.865 bits per heavy atom. The number of nitrogens with one attached hydrogen (secondary N) is 8. The molecule has 0 aliphatic heterocycles. The third-order valence-corrected chi connectivity index (χ3v) is 12.9. The van der Waals surface area contributed by atoms with Gasteiger partial charge in [0.05, 0.1) is 12.5 Å². The van der Waals surface area contributed by atoms with Gasteiger partial charge in [-0.2, -0.15) is 0 Å². The second kappa shape index (κ2) is 44.4. The molecular weight excluding hydrogens is 1170 g/mol. The molecule has 89 heavy (non-hydrogen) atoms. The fourth-order valence-corrected chi connectivity index (χ4v) is 8.46. The Morgan fingerprint density at radius 1 is 0.337 bits per heavy atom. The summed E-state index contributed by atoms with van der Waals surface area (Å²) in [6.45, 7) is 7.43. The van der Waals surface area contributed by atoms with E-state index >= 15 is 0 Å². The van der Waals surface area contributed by atoms with Crippen LogP contribution in [-0.2, 0) is 47.9 Å². The van der Waals surface area contributed by atoms with Gasteiger partial charge in [0.1, 0.15) is 48.3 Å². The number of hydrogen-bond donors (Lipinski definition) is 22. The van der Waals surface area contributed by atoms with Crippen molar-refractivity contribution < 1.29 is 58.2 Å². The van der Waals surface area contributed by atoms with E-state index in [1.54, 1.807) is 27.7 Å². The Morgan fingerprint density at radius 2 is 0.584 bits per heavy atom. The molecule has 37 nitrogen and oxygen atoms in total. The van der Waals surface area contributed by atoms with Gasteiger partial charge in [0.2, 0.25) is 47.3 Å². The average molecular weight is 1270 g/mol. The van der Waals surface area contributed by atoms with Crippen molar-refractivity contribution in [2.24, 2.45) is 106 Å². The van der Waals surface area contributed by atoms with Gasteiger partial charge in [-0.1, -0.05) is 27.7 Å². The number of carbonyl (C=O) groups excluding carboxylic acids is 8. The Hall–Kier alpha value is -9.03. The van der Waals surface area contributed by atoms with Crippen molar-refractivity contribution in [1.82, 2.24) is 42.5 Å². The largest absolute Gasteiger partial charge is 0.481 e. The predicted molar refractivity (Wildman–Crippen MR) is 335 cm³/mol. The van der Waals surface area contributed by atoms with Crippen molar-refractivity contribution in [1.29, 1.82) is 0 Å². The molecule has 0 bridgehead atoms. The molecule has 0 saturated heterocycles. The lowest BCUT2D eigenvalue weighted by Crippen LogP contribution is -2.60. The summed E-state index contributed by atoms with van der Waals surface area (Å²) < 4.78 is 0. The van der Waals surface area contributed by atoms with Crippen LogP contribution in [0.4, 0.5) is 0 Å². The van der Waals surface area contributed by atoms with E-state index in [9.17, 15) is 58.2 Å². The van der Waals surface area contributed by atoms with Crippen molar-refractivity contribution in [3.63, 3.8) is 0 Å². The Kier molecular flexibility index (Phi) is 39.9. The molecule has 0 unspecified atom stereocenters. The number of carbonyl (C=O) groups is 10. The molecule has 0 aromatic heterocycles. The van der Waals surface area contributed by atoms with Crippen LogP contribution < -0.4 is 111 Å². The molecule has 9 atom stereocenters. The summed E-state index contributed by atoms with van der Waals surface area (Å²) in [5.41, 5.74) is 66.5. The van der Waals surface area contributed by atoms with Crippen LogP contribution in [0.1, 0.15) is 130 Å². The lowest BCUT2D eigenvalue weighted by Gasteiger charge is -2.29. The lowest BCUT2D eigenvalue weighted by atomic mass is 9.99. The maximum atomic E-state index is 14.5. The standard InChI is InChI=1S/C52H101N25O12/c1-27(2)24-35(75-41(82)30(14-8-20-66-49(57)58)70-39(80)29(54)12-7-19-65-48(55)56)44(85)71-32(16-10-22-68-51(61)62)42(83)76-36(25-28(3)4)45(86)72-33(17-11-23-69-52(63)64)43(84)77-37(26-38(78)79)46(87)73-31(15-9-21-67-50(59)60)40(81)74-34(47(88)89)13-5-6-18-53/h27-37H,5-26,53-54H2,1-4H3,(H,70,80)(H,71,85)(H,72,86)(H,73,87)(H,74,81)(H,75,82)(H,76,83)(H,77,84)(H,78,79)(H,88,89)(H4,55,56,65)(H4,57,58,66)(H4,59,60,67)(H4,61,62,68)(H4,63,64,69)/t29-,30-,31-,32-,33-,34-,35-,36-,37-/m0/s1. The molecular formula is C52H101N25O12. The number of hydrogen-bond acceptors (Lipinski definition) is 17. The molecule has 34 N–H and O–H groups in total. The van der Waals surface area contributed by atoms with Crippen LogP contribution in [0.2, 0.25) is 0 Å². The van der Waals surface area contributed by atoms with Crippen LogP contribution in [0.5, 0.6) is 0 Å². The van der Waals surface area contributed by atoms with E-state index in [0.717, 1.165) is 0 Å². The number of aliphatic carboxylic acids is 2. The normalized spacial score (nSPS) is 13.9. The summed E-state index contributed by atoms with van der Waals surface area (Å²) in [6, 6.07) is -12.9. The van der Waals surface area contributed by atoms with Gasteiger partial charge in [0.15, 0.2) is 29.8 Å². The van der Waals surface area contributed by atoms with E-state index in [1.807, 2.05) is 0 Å². The first-order chi connectivity index (χ1) is 41.8. The molecule has 0 aliphatic rings. The smallest absolute Gasteiger partial charge is 0.326 e. The molecule has 0 spiro atoms. The number of nitrogens with zero attached hydrogens (tertiary/aromatic N) is 5. The van der Waals surface area contributed by atoms with Crippen LogP contribution in [0.3, 0.4) is 0 Å². The molecule has 0 aromatic rings. The number of carboxylic acid groups (broad SMARTS) is 2. The molecule has 0 rings (SSSR count). The third kappa shape index (κ3) is 38.0. The van der Waals surface area contributed by atoms with E-state index in [4.69, 9.17) is 68.8 Å². The summed E-state index contributed by atoms with van der Waals surface area (Å²) in [5.74, 6) is -12.1. The van der Waals surface area contributed by atoms with Crippen molar-refractivity contribution in [2.75, 3.05) is 39.3 Å². The van der Waals surface area contributed by atoms with Crippen LogP contribution in [0, 0.1) is 11.8 Å². The highest BCUT2D eigenvalue weighted by Crippen LogP contribution is 2.13. The second-order valence-corrected chi connectivity index (χ2v) is 21.8. The fourth-order valence-electron chi connectivity index (χ4n) is 8.46. The fraction of sp³-hybridized carbons (Fsp3) is 0.712. The molecule has 0 aromatic carbocycles. The number of amides is 8. The van der Waals surface area contributed by atoms with Gasteiger partial charge >= 0.3 is 11.9 Å². The first-order valence-electron chi connectivity index (χ1n) is 29.4. The zero-order valence-corrected chi connectivity index (χ0v) is 51.5. The minimum Gasteiger partial charge on any atom is -0.481 e. The molecule has 0 heterocycles. The molecule has 0 radical (unpaired) electrons. The van der Waals surface area contributed by atoms with Gasteiger partial charge in [-0.15, -0.1) is 0 Å². The van der Waals surface area contributed by atoms with Gasteiger partial charge in [-0.05, 0) is 115 Å². The number of rotatable bonds is 47. The van der Waals surface area contributed by atoms with E-state index in [0.29, 0.717) is 19.3 Å². The Bertz CT molecular complexity index is 2420. The number of nitrogens with two attached hydrogens (primary N) is 12. The third-order valence-electron chi connectivity index (χ3n) is 12.9. The number of unbranched alkanes of at least 4 members (excludes halogenated alkanes) is 1. The van der Waals surface area contributed by atoms with Crippen molar-refractivity contribution in [3.8, 4) is 0 Å². The highest BCUT2D eigenvalue weighted by Gasteiger charge is 2.36. The molecule has 8 amide bonds. The first kappa shape index (κ1) is 80.0. The van der Waals surface area contributed by atoms with E-state index in [-0.39, 0.29) is 158 Å². The number of guanidine groups is 5. The van der Waals surface area contributed by atoms with E-state index in [1.165, 1.54) is 0 Å². The van der Waals surface area contributed by atoms with Crippen molar-refractivity contribution in [2.45, 2.75) is 185 Å². The zero-order valence-electron chi connectivity index (χ0n) is 51.5. The summed E-state index contributed by atoms with van der Waals surface area (Å²) in [6.07, 6.45) is -0.0270. The van der Waals surface area contributed by atoms with E-state index in [2.05, 4.69) is 67.5 Å². The summed E-state index contributed by atoms with van der Waals surface area (Å²) in [7, 11) is 0. The van der Waals surface area contributed by atoms with Crippen LogP contribution >= 0.6 is 0 Å². The molecule has 0 aliphatic carbocycles. The average Bonchev–Trinajstić information content (AvgIpc) is 3.51. The highest BCUT2D eigenvalue weighted by atomic mass is 16.4. The topological polar surface area (TPSA) is 681 Å². The van der Waals surface area contributed by atoms with Crippen molar-refractivity contribution >= 4 is 89.0 Å². The first-order valence-corrected chi connectivity index (χ1v) is 29.4. The van der Waals surface area contributed by atoms with Gasteiger partial charge in [0.25, 0.3) is 0 Å². The van der Waals surface area contributed by atoms with Crippen LogP contribution in [0.25, 0.3) is 0 Å². The minimum atomic E-state index is -1.92. The number of carboxylic acids is 2. The van der Waals surface area contributed by atoms with Crippen molar-refractivity contribution in [3.05, 3.63) is 0 Å². The maximum Gasteiger partial charge on any atom is 0.326 e. The van der Waals surface area contributed by atoms with Gasteiger partial charge in [-0.3, -0.25) is 68.1 Å². The Labute approximate surface area is 518 Å². The molecule has 506 valence electrons. The Balaban J connectivity index is 7.21. The number of aliphatic imine (C=N–C) groups is 5. The van der Waals surface area contributed by atoms with Gasteiger partial charge in [-0.25, -0.2) is 4.79 Å². The predicted octanol–water partition coefficient (Wildman–Crippen LogP) is -7.76. The zero-order chi connectivity index (χ0) is 67.8. The molecule has 37 heteroatoms. The monoisotopic (exact) mass is 1270 g/mol. The quantitative estimate of drug-likeness (QED) is 0.0153. The second-order valence-electron chi connectivity index (χ2n) is 21.8. The van der Waals surface area contributed by atoms with Gasteiger partial charge < -0.3 is 122 Å². The maximum absolute atomic E-state index is 14.5. The SMILES string of the molecule is CC(C)C[C@H](NC(=O)[C@H](CCCN=C(N)N)NC(=O)[C@H](CC(C)C)NC(=O)[C@H](CCCN=C(N)N)NC(=O)[C@@H](N)CCCN=C(N)N)C(=O)N[C@@H](CCCN=C(N)N)C(=O)N[C@@H](CC(=O)O)C(=O)N[C@@H](CCCN=C(N)N)C(=O)N[C@@H](CCCCN)C(=O)O. The van der Waals surface area contributed by atoms with Crippen LogP contribution in [0.15, 0.2) is 25.0 Å². The van der Waals surface area contributed by atoms with Crippen LogP contribution in [-0.4, -0.2) is 193 Å². The summed E-state index contributed by atoms with van der Waals surface area (Å²) in [4.78, 5) is 157. The highest BCUT2D eigenvalue weighted by molar-refractivity contribution is 5.99. The summed E-state index contributed by atoms with van der Waals surface area (Å²) >= 11 is 0.